The third kappa shape index (κ3) is 63.9. The summed E-state index contributed by atoms with van der Waals surface area (Å²) in [6, 6.07) is -0.539. The minimum Gasteiger partial charge on any atom is -0.466 e. The molecule has 0 aromatic heterocycles. The molecule has 0 bridgehead atoms. The second-order valence-electron chi connectivity index (χ2n) is 24.9. The van der Waals surface area contributed by atoms with Crippen LogP contribution in [0.1, 0.15) is 418 Å². The van der Waals surface area contributed by atoms with Crippen molar-refractivity contribution in [3.05, 3.63) is 0 Å². The van der Waals surface area contributed by atoms with E-state index in [1.165, 1.54) is 347 Å². The molecule has 0 spiro atoms. The molecule has 0 aliphatic heterocycles. The number of hydrogen-bond acceptors (Lipinski definition) is 5. The maximum atomic E-state index is 12.5. The lowest BCUT2D eigenvalue weighted by atomic mass is 10.0. The molecule has 0 saturated carbocycles. The van der Waals surface area contributed by atoms with Crippen molar-refractivity contribution in [1.82, 2.24) is 5.32 Å². The summed E-state index contributed by atoms with van der Waals surface area (Å²) in [5, 5.41) is 23.4. The van der Waals surface area contributed by atoms with Crippen molar-refractivity contribution < 1.29 is 24.5 Å². The molecule has 0 aliphatic rings. The Morgan fingerprint density at radius 2 is 0.532 bits per heavy atom. The first-order valence-electron chi connectivity index (χ1n) is 35.8. The molecule has 0 saturated heterocycles. The fourth-order valence-electron chi connectivity index (χ4n) is 11.7. The maximum absolute atomic E-state index is 12.5. The molecule has 0 aromatic carbocycles. The topological polar surface area (TPSA) is 95.9 Å². The molecular formula is C71H141NO5. The number of amides is 1. The van der Waals surface area contributed by atoms with E-state index in [0.29, 0.717) is 25.9 Å². The molecule has 2 atom stereocenters. The van der Waals surface area contributed by atoms with E-state index in [0.717, 1.165) is 38.5 Å². The summed E-state index contributed by atoms with van der Waals surface area (Å²) < 4.78 is 5.50. The Hall–Kier alpha value is -1.14. The molecule has 1 amide bonds. The van der Waals surface area contributed by atoms with E-state index in [4.69, 9.17) is 4.74 Å². The first-order valence-corrected chi connectivity index (χ1v) is 35.8. The summed E-state index contributed by atoms with van der Waals surface area (Å²) >= 11 is 0. The normalized spacial score (nSPS) is 12.4. The highest BCUT2D eigenvalue weighted by molar-refractivity contribution is 5.76. The van der Waals surface area contributed by atoms with Crippen molar-refractivity contribution >= 4 is 11.9 Å². The Morgan fingerprint density at radius 3 is 0.792 bits per heavy atom. The minimum absolute atomic E-state index is 0.0217. The summed E-state index contributed by atoms with van der Waals surface area (Å²) in [5.41, 5.74) is 0. The molecule has 6 nitrogen and oxygen atoms in total. The highest BCUT2D eigenvalue weighted by Crippen LogP contribution is 2.20. The molecule has 0 radical (unpaired) electrons. The van der Waals surface area contributed by atoms with E-state index in [-0.39, 0.29) is 18.5 Å². The van der Waals surface area contributed by atoms with E-state index in [1.807, 2.05) is 0 Å². The zero-order chi connectivity index (χ0) is 55.7. The summed E-state index contributed by atoms with van der Waals surface area (Å²) in [6.45, 7) is 5.01. The van der Waals surface area contributed by atoms with Gasteiger partial charge in [-0.3, -0.25) is 9.59 Å². The second-order valence-corrected chi connectivity index (χ2v) is 24.9. The number of hydrogen-bond donors (Lipinski definition) is 3. The van der Waals surface area contributed by atoms with E-state index < -0.39 is 12.1 Å². The Labute approximate surface area is 483 Å². The number of carbonyl (C=O) groups excluding carboxylic acids is 2. The van der Waals surface area contributed by atoms with Gasteiger partial charge in [-0.1, -0.05) is 380 Å². The van der Waals surface area contributed by atoms with Gasteiger partial charge in [0.15, 0.2) is 0 Å². The Kier molecular flexibility index (Phi) is 66.4. The summed E-state index contributed by atoms with van der Waals surface area (Å²) in [7, 11) is 0. The predicted octanol–water partition coefficient (Wildman–Crippen LogP) is 23.0. The SMILES string of the molecule is CCCCCCCCCCCCCCCCCCCCCC(O)C(CO)NC(=O)CCCCCCCCCCCCCCCCCCCCCCCCCCCCCOC(=O)CCCCCCCCCCCCCCCC. The second kappa shape index (κ2) is 67.4. The summed E-state index contributed by atoms with van der Waals surface area (Å²) in [4.78, 5) is 24.6. The van der Waals surface area contributed by atoms with Gasteiger partial charge >= 0.3 is 5.97 Å². The molecule has 0 aliphatic carbocycles. The smallest absolute Gasteiger partial charge is 0.305 e. The fourth-order valence-corrected chi connectivity index (χ4v) is 11.7. The van der Waals surface area contributed by atoms with Gasteiger partial charge in [0.25, 0.3) is 0 Å². The van der Waals surface area contributed by atoms with Gasteiger partial charge in [-0.2, -0.15) is 0 Å². The Bertz CT molecular complexity index is 1120. The first kappa shape index (κ1) is 75.9. The number of carbonyl (C=O) groups is 2. The average molecular weight is 1090 g/mol. The van der Waals surface area contributed by atoms with Crippen molar-refractivity contribution in [3.63, 3.8) is 0 Å². The van der Waals surface area contributed by atoms with Gasteiger partial charge in [0, 0.05) is 12.8 Å². The minimum atomic E-state index is -0.662. The predicted molar refractivity (Wildman–Crippen MR) is 338 cm³/mol. The Morgan fingerprint density at radius 1 is 0.312 bits per heavy atom. The Balaban J connectivity index is 3.33. The van der Waals surface area contributed by atoms with Crippen LogP contribution >= 0.6 is 0 Å². The molecule has 0 rings (SSSR count). The van der Waals surface area contributed by atoms with E-state index in [2.05, 4.69) is 19.2 Å². The van der Waals surface area contributed by atoms with Crippen LogP contribution in [-0.4, -0.2) is 47.4 Å². The lowest BCUT2D eigenvalue weighted by Gasteiger charge is -2.22. The van der Waals surface area contributed by atoms with Crippen LogP contribution in [0.3, 0.4) is 0 Å². The van der Waals surface area contributed by atoms with Gasteiger partial charge < -0.3 is 20.3 Å². The van der Waals surface area contributed by atoms with E-state index in [1.54, 1.807) is 0 Å². The molecule has 77 heavy (non-hydrogen) atoms. The third-order valence-electron chi connectivity index (χ3n) is 17.2. The first-order chi connectivity index (χ1) is 38.0. The third-order valence-corrected chi connectivity index (χ3v) is 17.2. The van der Waals surface area contributed by atoms with Crippen LogP contribution in [0.15, 0.2) is 0 Å². The number of aliphatic hydroxyl groups is 2. The standard InChI is InChI=1S/C71H141NO5/c1-3-5-7-9-11-13-15-17-19-20-30-33-36-39-43-47-51-55-59-63-69(74)68(67-73)72-70(75)64-60-56-52-48-44-40-37-34-31-28-26-24-22-21-23-25-27-29-32-35-38-42-46-50-54-58-62-66-77-71(76)65-61-57-53-49-45-41-18-16-14-12-10-8-6-4-2/h68-69,73-74H,3-67H2,1-2H3,(H,72,75). The fraction of sp³-hybridized carbons (Fsp3) is 0.972. The maximum Gasteiger partial charge on any atom is 0.305 e. The van der Waals surface area contributed by atoms with Crippen molar-refractivity contribution in [2.75, 3.05) is 13.2 Å². The zero-order valence-corrected chi connectivity index (χ0v) is 52.7. The molecule has 6 heteroatoms. The largest absolute Gasteiger partial charge is 0.466 e. The molecule has 3 N–H and O–H groups in total. The van der Waals surface area contributed by atoms with Crippen LogP contribution in [0.5, 0.6) is 0 Å². The summed E-state index contributed by atoms with van der Waals surface area (Å²) in [6.07, 6.45) is 81.5. The van der Waals surface area contributed by atoms with E-state index in [9.17, 15) is 19.8 Å². The van der Waals surface area contributed by atoms with E-state index >= 15 is 0 Å². The number of nitrogens with one attached hydrogen (secondary N) is 1. The number of rotatable bonds is 68. The van der Waals surface area contributed by atoms with Crippen molar-refractivity contribution in [2.24, 2.45) is 0 Å². The van der Waals surface area contributed by atoms with Gasteiger partial charge in [-0.15, -0.1) is 0 Å². The monoisotopic (exact) mass is 1090 g/mol. The van der Waals surface area contributed by atoms with Crippen molar-refractivity contribution in [3.8, 4) is 0 Å². The number of unbranched alkanes of at least 4 members (excludes halogenated alkanes) is 57. The van der Waals surface area contributed by atoms with Gasteiger partial charge in [0.2, 0.25) is 5.91 Å². The average Bonchev–Trinajstić information content (AvgIpc) is 3.43. The van der Waals surface area contributed by atoms with Crippen molar-refractivity contribution in [2.45, 2.75) is 431 Å². The van der Waals surface area contributed by atoms with Crippen LogP contribution in [0.25, 0.3) is 0 Å². The van der Waals surface area contributed by atoms with Crippen LogP contribution < -0.4 is 5.32 Å². The van der Waals surface area contributed by atoms with Crippen LogP contribution in [0, 0.1) is 0 Å². The highest BCUT2D eigenvalue weighted by Gasteiger charge is 2.20. The van der Waals surface area contributed by atoms with Gasteiger partial charge in [-0.25, -0.2) is 0 Å². The van der Waals surface area contributed by atoms with Crippen LogP contribution in [0.2, 0.25) is 0 Å². The quantitative estimate of drug-likeness (QED) is 0.0417. The lowest BCUT2D eigenvalue weighted by molar-refractivity contribution is -0.143. The van der Waals surface area contributed by atoms with Gasteiger partial charge in [0.1, 0.15) is 0 Å². The lowest BCUT2D eigenvalue weighted by Crippen LogP contribution is -2.45. The highest BCUT2D eigenvalue weighted by atomic mass is 16.5. The molecule has 460 valence electrons. The van der Waals surface area contributed by atoms with Gasteiger partial charge in [0.05, 0.1) is 25.4 Å². The molecule has 2 unspecified atom stereocenters. The number of aliphatic hydroxyl groups excluding tert-OH is 2. The molecule has 0 fully saturated rings. The van der Waals surface area contributed by atoms with Crippen molar-refractivity contribution in [1.29, 1.82) is 0 Å². The number of esters is 1. The molecule has 0 heterocycles. The summed E-state index contributed by atoms with van der Waals surface area (Å²) in [5.74, 6) is -0.00543. The zero-order valence-electron chi connectivity index (χ0n) is 52.7. The van der Waals surface area contributed by atoms with Crippen LogP contribution in [0.4, 0.5) is 0 Å². The van der Waals surface area contributed by atoms with Crippen LogP contribution in [-0.2, 0) is 14.3 Å². The number of ether oxygens (including phenoxy) is 1. The van der Waals surface area contributed by atoms with Gasteiger partial charge in [-0.05, 0) is 25.7 Å². The molecular weight excluding hydrogens is 947 g/mol. The molecule has 0 aromatic rings.